The minimum Gasteiger partial charge on any atom is -0.312 e. The van der Waals surface area contributed by atoms with Crippen molar-refractivity contribution in [3.8, 4) is 0 Å². The summed E-state index contributed by atoms with van der Waals surface area (Å²) in [6.07, 6.45) is 7.46. The van der Waals surface area contributed by atoms with E-state index in [4.69, 9.17) is 0 Å². The number of rotatable bonds is 8. The van der Waals surface area contributed by atoms with E-state index in [1.807, 2.05) is 0 Å². The van der Waals surface area contributed by atoms with Crippen molar-refractivity contribution in [2.24, 2.45) is 0 Å². The van der Waals surface area contributed by atoms with Crippen LogP contribution >= 0.6 is 0 Å². The summed E-state index contributed by atoms with van der Waals surface area (Å²) in [5.41, 5.74) is 0. The van der Waals surface area contributed by atoms with Crippen LogP contribution in [0.2, 0.25) is 0 Å². The van der Waals surface area contributed by atoms with E-state index in [1.54, 1.807) is 0 Å². The van der Waals surface area contributed by atoms with Gasteiger partial charge in [-0.1, -0.05) is 39.5 Å². The Hall–Kier alpha value is -0.0400. The van der Waals surface area contributed by atoms with Gasteiger partial charge in [-0.15, -0.1) is 0 Å². The Morgan fingerprint density at radius 1 is 1.27 bits per heavy atom. The third-order valence-corrected chi connectivity index (χ3v) is 1.67. The fourth-order valence-corrected chi connectivity index (χ4v) is 0.960. The molecule has 0 amide bonds. The van der Waals surface area contributed by atoms with Crippen molar-refractivity contribution in [3.05, 3.63) is 13.5 Å². The van der Waals surface area contributed by atoms with Crippen molar-refractivity contribution >= 4 is 0 Å². The molecule has 0 atom stereocenters. The van der Waals surface area contributed by atoms with Gasteiger partial charge in [-0.2, -0.15) is 0 Å². The second kappa shape index (κ2) is 9.96. The highest BCUT2D eigenvalue weighted by atomic mass is 14.8. The predicted molar refractivity (Wildman–Crippen MR) is 51.0 cm³/mol. The van der Waals surface area contributed by atoms with Gasteiger partial charge in [0.05, 0.1) is 0 Å². The van der Waals surface area contributed by atoms with Gasteiger partial charge >= 0.3 is 0 Å². The standard InChI is InChI=1S/C10H21N/c1-3-5-7-8-10-11-9-6-4-2/h9,11H,2-8,10H2,1H3. The molecule has 0 aromatic carbocycles. The highest BCUT2D eigenvalue weighted by Gasteiger charge is 1.87. The summed E-state index contributed by atoms with van der Waals surface area (Å²) in [6.45, 7) is 9.26. The van der Waals surface area contributed by atoms with Gasteiger partial charge in [0.2, 0.25) is 0 Å². The van der Waals surface area contributed by atoms with E-state index in [0.717, 1.165) is 19.4 Å². The number of nitrogens with one attached hydrogen (secondary N) is 1. The van der Waals surface area contributed by atoms with Crippen LogP contribution in [0.3, 0.4) is 0 Å². The summed E-state index contributed by atoms with van der Waals surface area (Å²) in [7, 11) is 0. The van der Waals surface area contributed by atoms with Crippen molar-refractivity contribution in [2.45, 2.75) is 45.4 Å². The molecule has 0 aliphatic rings. The molecule has 1 nitrogen and oxygen atoms in total. The molecule has 11 heavy (non-hydrogen) atoms. The molecule has 1 N–H and O–H groups in total. The molecular formula is C10H21N. The number of hydrogen-bond acceptors (Lipinski definition) is 1. The zero-order valence-electron chi connectivity index (χ0n) is 7.73. The smallest absolute Gasteiger partial charge is 0.0221 e. The zero-order chi connectivity index (χ0) is 8.36. The summed E-state index contributed by atoms with van der Waals surface area (Å²) < 4.78 is 0. The van der Waals surface area contributed by atoms with Gasteiger partial charge in [-0.25, -0.2) is 0 Å². The molecule has 0 saturated carbocycles. The molecular weight excluding hydrogens is 134 g/mol. The first kappa shape index (κ1) is 11.0. The third-order valence-electron chi connectivity index (χ3n) is 1.67. The maximum Gasteiger partial charge on any atom is 0.0221 e. The molecule has 0 heterocycles. The molecule has 0 unspecified atom stereocenters. The lowest BCUT2D eigenvalue weighted by Crippen LogP contribution is -2.11. The van der Waals surface area contributed by atoms with Crippen LogP contribution in [0, 0.1) is 13.5 Å². The molecule has 0 saturated heterocycles. The molecule has 1 heteroatoms. The van der Waals surface area contributed by atoms with E-state index in [2.05, 4.69) is 25.7 Å². The molecule has 0 rings (SSSR count). The van der Waals surface area contributed by atoms with E-state index < -0.39 is 0 Å². The molecule has 0 fully saturated rings. The van der Waals surface area contributed by atoms with Gasteiger partial charge in [0.1, 0.15) is 0 Å². The molecule has 0 aliphatic heterocycles. The van der Waals surface area contributed by atoms with Crippen LogP contribution in [0.5, 0.6) is 0 Å². The van der Waals surface area contributed by atoms with Crippen LogP contribution < -0.4 is 5.32 Å². The monoisotopic (exact) mass is 155 g/mol. The lowest BCUT2D eigenvalue weighted by molar-refractivity contribution is 0.622. The molecule has 0 aromatic rings. The Morgan fingerprint density at radius 3 is 2.73 bits per heavy atom. The Balaban J connectivity index is 2.69. The number of hydrogen-bond donors (Lipinski definition) is 1. The van der Waals surface area contributed by atoms with Crippen LogP contribution in [-0.4, -0.2) is 6.54 Å². The van der Waals surface area contributed by atoms with Gasteiger partial charge in [-0.05, 0) is 19.4 Å². The maximum atomic E-state index is 3.76. The summed E-state index contributed by atoms with van der Waals surface area (Å²) in [4.78, 5) is 0. The maximum absolute atomic E-state index is 3.76. The van der Waals surface area contributed by atoms with Crippen molar-refractivity contribution < 1.29 is 0 Å². The Labute approximate surface area is 71.6 Å². The van der Waals surface area contributed by atoms with Gasteiger partial charge in [-0.3, -0.25) is 0 Å². The zero-order valence-corrected chi connectivity index (χ0v) is 7.73. The second-order valence-electron chi connectivity index (χ2n) is 2.86. The summed E-state index contributed by atoms with van der Waals surface area (Å²) in [5, 5.41) is 3.28. The fourth-order valence-electron chi connectivity index (χ4n) is 0.960. The highest BCUT2D eigenvalue weighted by Crippen LogP contribution is 1.97. The van der Waals surface area contributed by atoms with E-state index in [0.29, 0.717) is 0 Å². The average Bonchev–Trinajstić information content (AvgIpc) is 2.03. The van der Waals surface area contributed by atoms with Crippen LogP contribution in [0.25, 0.3) is 0 Å². The van der Waals surface area contributed by atoms with Gasteiger partial charge in [0.25, 0.3) is 0 Å². The molecule has 2 radical (unpaired) electrons. The largest absolute Gasteiger partial charge is 0.312 e. The SMILES string of the molecule is [CH2]CC[CH]NCCCCCC. The topological polar surface area (TPSA) is 12.0 Å². The molecule has 0 spiro atoms. The Kier molecular flexibility index (Phi) is 9.92. The normalized spacial score (nSPS) is 10.4. The first-order chi connectivity index (χ1) is 5.41. The van der Waals surface area contributed by atoms with Crippen molar-refractivity contribution in [2.75, 3.05) is 6.54 Å². The Bertz CT molecular complexity index is 53.9. The first-order valence-electron chi connectivity index (χ1n) is 4.76. The molecule has 0 aliphatic carbocycles. The molecule has 0 bridgehead atoms. The minimum atomic E-state index is 1.00. The van der Waals surface area contributed by atoms with Gasteiger partial charge in [0.15, 0.2) is 0 Å². The second-order valence-corrected chi connectivity index (χ2v) is 2.86. The van der Waals surface area contributed by atoms with E-state index in [9.17, 15) is 0 Å². The summed E-state index contributed by atoms with van der Waals surface area (Å²) in [6, 6.07) is 0. The minimum absolute atomic E-state index is 1.00. The summed E-state index contributed by atoms with van der Waals surface area (Å²) in [5.74, 6) is 0. The molecule has 0 aromatic heterocycles. The number of unbranched alkanes of at least 4 members (excludes halogenated alkanes) is 4. The van der Waals surface area contributed by atoms with Crippen molar-refractivity contribution in [1.82, 2.24) is 5.32 Å². The lowest BCUT2D eigenvalue weighted by atomic mass is 10.2. The predicted octanol–water partition coefficient (Wildman–Crippen LogP) is 2.93. The van der Waals surface area contributed by atoms with Gasteiger partial charge in [0, 0.05) is 6.54 Å². The average molecular weight is 155 g/mol. The third kappa shape index (κ3) is 9.96. The van der Waals surface area contributed by atoms with E-state index in [1.165, 1.54) is 25.7 Å². The fraction of sp³-hybridized carbons (Fsp3) is 0.800. The van der Waals surface area contributed by atoms with Gasteiger partial charge < -0.3 is 5.32 Å². The van der Waals surface area contributed by atoms with Crippen molar-refractivity contribution in [3.63, 3.8) is 0 Å². The Morgan fingerprint density at radius 2 is 2.09 bits per heavy atom. The van der Waals surface area contributed by atoms with E-state index in [-0.39, 0.29) is 0 Å². The summed E-state index contributed by atoms with van der Waals surface area (Å²) >= 11 is 0. The van der Waals surface area contributed by atoms with Crippen LogP contribution in [0.15, 0.2) is 0 Å². The lowest BCUT2D eigenvalue weighted by Gasteiger charge is -2.01. The molecule has 66 valence electrons. The first-order valence-corrected chi connectivity index (χ1v) is 4.76. The van der Waals surface area contributed by atoms with Crippen LogP contribution in [0.1, 0.15) is 45.4 Å². The van der Waals surface area contributed by atoms with Crippen LogP contribution in [-0.2, 0) is 0 Å². The van der Waals surface area contributed by atoms with Crippen molar-refractivity contribution in [1.29, 1.82) is 0 Å². The quantitative estimate of drug-likeness (QED) is 0.531. The highest BCUT2D eigenvalue weighted by molar-refractivity contribution is 4.61. The van der Waals surface area contributed by atoms with E-state index >= 15 is 0 Å². The van der Waals surface area contributed by atoms with Crippen LogP contribution in [0.4, 0.5) is 0 Å².